The van der Waals surface area contributed by atoms with Crippen molar-refractivity contribution in [3.8, 4) is 0 Å². The van der Waals surface area contributed by atoms with Gasteiger partial charge in [0.2, 0.25) is 0 Å². The summed E-state index contributed by atoms with van der Waals surface area (Å²) < 4.78 is 0.691. The fourth-order valence-corrected chi connectivity index (χ4v) is 2.64. The van der Waals surface area contributed by atoms with Crippen LogP contribution in [0.1, 0.15) is 17.3 Å². The maximum absolute atomic E-state index is 12.5. The van der Waals surface area contributed by atoms with Gasteiger partial charge in [0.15, 0.2) is 0 Å². The molecular weight excluding hydrogens is 386 g/mol. The van der Waals surface area contributed by atoms with E-state index >= 15 is 0 Å². The molecule has 0 aliphatic carbocycles. The van der Waals surface area contributed by atoms with Crippen molar-refractivity contribution in [1.82, 2.24) is 10.4 Å². The number of aromatic nitrogens is 1. The standard InChI is InChI=1S/C17H14BrN5O2/c1-11-15(17(25)23(22-11)14-5-3-2-4-6-14)10-20-21-16(24)12-7-13(18)9-19-8-12/h2-10,15H,1H3,(H,21,24)/b20-10-/t15-/m1/s1. The Morgan fingerprint density at radius 2 is 2.08 bits per heavy atom. The maximum Gasteiger partial charge on any atom is 0.272 e. The van der Waals surface area contributed by atoms with Gasteiger partial charge in [0.1, 0.15) is 5.92 Å². The van der Waals surface area contributed by atoms with Gasteiger partial charge in [-0.15, -0.1) is 0 Å². The zero-order valence-corrected chi connectivity index (χ0v) is 14.8. The largest absolute Gasteiger partial charge is 0.272 e. The van der Waals surface area contributed by atoms with Gasteiger partial charge in [-0.25, -0.2) is 5.43 Å². The zero-order chi connectivity index (χ0) is 17.8. The molecule has 7 nitrogen and oxygen atoms in total. The summed E-state index contributed by atoms with van der Waals surface area (Å²) in [6.07, 6.45) is 4.39. The molecule has 1 aliphatic rings. The minimum atomic E-state index is -0.610. The Kier molecular flexibility index (Phi) is 4.99. The van der Waals surface area contributed by atoms with E-state index in [0.29, 0.717) is 21.4 Å². The third-order valence-electron chi connectivity index (χ3n) is 3.54. The summed E-state index contributed by atoms with van der Waals surface area (Å²) in [6, 6.07) is 10.8. The number of amides is 2. The molecular formula is C17H14BrN5O2. The molecule has 1 atom stereocenters. The van der Waals surface area contributed by atoms with Crippen LogP contribution >= 0.6 is 15.9 Å². The van der Waals surface area contributed by atoms with E-state index in [-0.39, 0.29) is 5.91 Å². The molecule has 1 aromatic heterocycles. The number of hydrogen-bond acceptors (Lipinski definition) is 5. The molecule has 0 spiro atoms. The molecule has 0 fully saturated rings. The van der Waals surface area contributed by atoms with E-state index in [1.54, 1.807) is 31.3 Å². The fraction of sp³-hybridized carbons (Fsp3) is 0.118. The van der Waals surface area contributed by atoms with E-state index in [0.717, 1.165) is 0 Å². The van der Waals surface area contributed by atoms with Crippen LogP contribution < -0.4 is 10.4 Å². The van der Waals surface area contributed by atoms with Crippen molar-refractivity contribution in [2.24, 2.45) is 16.1 Å². The second-order valence-electron chi connectivity index (χ2n) is 5.32. The lowest BCUT2D eigenvalue weighted by Gasteiger charge is -2.12. The van der Waals surface area contributed by atoms with Crippen molar-refractivity contribution in [2.75, 3.05) is 5.01 Å². The topological polar surface area (TPSA) is 87.0 Å². The maximum atomic E-state index is 12.5. The van der Waals surface area contributed by atoms with Crippen molar-refractivity contribution >= 4 is 45.4 Å². The number of carbonyl (C=O) groups excluding carboxylic acids is 2. The number of nitrogens with zero attached hydrogens (tertiary/aromatic N) is 4. The summed E-state index contributed by atoms with van der Waals surface area (Å²) in [6.45, 7) is 1.75. The van der Waals surface area contributed by atoms with Gasteiger partial charge >= 0.3 is 0 Å². The number of anilines is 1. The van der Waals surface area contributed by atoms with Crippen molar-refractivity contribution < 1.29 is 9.59 Å². The molecule has 25 heavy (non-hydrogen) atoms. The first-order chi connectivity index (χ1) is 12.1. The molecule has 2 aromatic rings. The molecule has 0 unspecified atom stereocenters. The Balaban J connectivity index is 1.67. The van der Waals surface area contributed by atoms with Crippen molar-refractivity contribution in [3.63, 3.8) is 0 Å². The van der Waals surface area contributed by atoms with Crippen LogP contribution in [0.3, 0.4) is 0 Å². The summed E-state index contributed by atoms with van der Waals surface area (Å²) in [5, 5.41) is 9.50. The number of nitrogens with one attached hydrogen (secondary N) is 1. The molecule has 0 bridgehead atoms. The van der Waals surface area contributed by atoms with Crippen molar-refractivity contribution in [1.29, 1.82) is 0 Å². The van der Waals surface area contributed by atoms with E-state index in [2.05, 4.69) is 36.5 Å². The highest BCUT2D eigenvalue weighted by Crippen LogP contribution is 2.22. The van der Waals surface area contributed by atoms with E-state index in [1.807, 2.05) is 18.2 Å². The van der Waals surface area contributed by atoms with E-state index in [1.165, 1.54) is 17.4 Å². The Bertz CT molecular complexity index is 866. The molecule has 1 aromatic carbocycles. The summed E-state index contributed by atoms with van der Waals surface area (Å²) in [5.74, 6) is -1.24. The number of carbonyl (C=O) groups is 2. The lowest BCUT2D eigenvalue weighted by atomic mass is 10.1. The normalized spacial score (nSPS) is 17.0. The Hall–Kier alpha value is -2.87. The van der Waals surface area contributed by atoms with E-state index < -0.39 is 11.8 Å². The molecule has 3 rings (SSSR count). The highest BCUT2D eigenvalue weighted by atomic mass is 79.9. The Morgan fingerprint density at radius 1 is 1.32 bits per heavy atom. The van der Waals surface area contributed by atoms with Crippen LogP contribution in [0.2, 0.25) is 0 Å². The number of hydrogen-bond donors (Lipinski definition) is 1. The first-order valence-electron chi connectivity index (χ1n) is 7.44. The predicted octanol–water partition coefficient (Wildman–Crippen LogP) is 2.60. The number of hydrazone groups is 2. The summed E-state index contributed by atoms with van der Waals surface area (Å²) in [4.78, 5) is 28.4. The molecule has 0 saturated heterocycles. The highest BCUT2D eigenvalue weighted by Gasteiger charge is 2.33. The fourth-order valence-electron chi connectivity index (χ4n) is 2.28. The van der Waals surface area contributed by atoms with Crippen LogP contribution in [0.25, 0.3) is 0 Å². The van der Waals surface area contributed by atoms with Gasteiger partial charge in [-0.3, -0.25) is 14.6 Å². The number of halogens is 1. The average Bonchev–Trinajstić information content (AvgIpc) is 2.90. The number of rotatable bonds is 4. The highest BCUT2D eigenvalue weighted by molar-refractivity contribution is 9.10. The van der Waals surface area contributed by atoms with E-state index in [4.69, 9.17) is 0 Å². The van der Waals surface area contributed by atoms with Crippen LogP contribution in [0.5, 0.6) is 0 Å². The quantitative estimate of drug-likeness (QED) is 0.632. The predicted molar refractivity (Wildman–Crippen MR) is 98.4 cm³/mol. The average molecular weight is 400 g/mol. The molecule has 0 radical (unpaired) electrons. The Morgan fingerprint density at radius 3 is 2.80 bits per heavy atom. The van der Waals surface area contributed by atoms with Crippen molar-refractivity contribution in [2.45, 2.75) is 6.92 Å². The van der Waals surface area contributed by atoms with Crippen LogP contribution in [-0.2, 0) is 4.79 Å². The number of pyridine rings is 1. The molecule has 2 heterocycles. The van der Waals surface area contributed by atoms with Gasteiger partial charge in [-0.05, 0) is 41.1 Å². The van der Waals surface area contributed by atoms with Crippen molar-refractivity contribution in [3.05, 3.63) is 58.8 Å². The first-order valence-corrected chi connectivity index (χ1v) is 8.24. The van der Waals surface area contributed by atoms with Gasteiger partial charge in [0, 0.05) is 23.1 Å². The smallest absolute Gasteiger partial charge is 0.271 e. The van der Waals surface area contributed by atoms with Gasteiger partial charge in [0.05, 0.1) is 17.0 Å². The monoisotopic (exact) mass is 399 g/mol. The van der Waals surface area contributed by atoms with E-state index in [9.17, 15) is 9.59 Å². The zero-order valence-electron chi connectivity index (χ0n) is 13.3. The third kappa shape index (κ3) is 3.80. The second-order valence-corrected chi connectivity index (χ2v) is 6.23. The SMILES string of the molecule is CC1=NN(c2ccccc2)C(=O)[C@@H]1/C=N\NC(=O)c1cncc(Br)c1. The molecule has 8 heteroatoms. The molecule has 2 amide bonds. The molecule has 1 aliphatic heterocycles. The summed E-state index contributed by atoms with van der Waals surface area (Å²) >= 11 is 3.25. The third-order valence-corrected chi connectivity index (χ3v) is 3.97. The lowest BCUT2D eigenvalue weighted by molar-refractivity contribution is -0.118. The summed E-state index contributed by atoms with van der Waals surface area (Å²) in [7, 11) is 0. The van der Waals surface area contributed by atoms with Crippen LogP contribution in [0, 0.1) is 5.92 Å². The minimum Gasteiger partial charge on any atom is -0.271 e. The van der Waals surface area contributed by atoms with Gasteiger partial charge < -0.3 is 0 Å². The van der Waals surface area contributed by atoms with Crippen LogP contribution in [0.4, 0.5) is 5.69 Å². The molecule has 1 N–H and O–H groups in total. The first kappa shape index (κ1) is 17.0. The number of para-hydroxylation sites is 1. The van der Waals surface area contributed by atoms with Gasteiger partial charge in [0.25, 0.3) is 11.8 Å². The molecule has 126 valence electrons. The van der Waals surface area contributed by atoms with Crippen LogP contribution in [0.15, 0.2) is 63.5 Å². The number of benzene rings is 1. The van der Waals surface area contributed by atoms with Crippen LogP contribution in [-0.4, -0.2) is 28.7 Å². The lowest BCUT2D eigenvalue weighted by Crippen LogP contribution is -2.29. The summed E-state index contributed by atoms with van der Waals surface area (Å²) in [5.41, 5.74) is 4.05. The second kappa shape index (κ2) is 7.35. The van der Waals surface area contributed by atoms with Gasteiger partial charge in [-0.2, -0.15) is 15.2 Å². The molecule has 0 saturated carbocycles. The minimum absolute atomic E-state index is 0.217. The van der Waals surface area contributed by atoms with Gasteiger partial charge in [-0.1, -0.05) is 18.2 Å². The Labute approximate surface area is 152 Å².